The predicted octanol–water partition coefficient (Wildman–Crippen LogP) is -0.0573. The van der Waals surface area contributed by atoms with Gasteiger partial charge in [-0.2, -0.15) is 0 Å². The Morgan fingerprint density at radius 3 is 2.32 bits per heavy atom. The molecule has 0 fully saturated rings. The molecular formula is C13H23N2O4. The minimum Gasteiger partial charge on any atom is -0.394 e. The first kappa shape index (κ1) is 16.1. The predicted molar refractivity (Wildman–Crippen MR) is 69.5 cm³/mol. The first-order chi connectivity index (χ1) is 8.54. The van der Waals surface area contributed by atoms with Gasteiger partial charge in [0, 0.05) is 19.2 Å². The van der Waals surface area contributed by atoms with Crippen LogP contribution in [-0.4, -0.2) is 63.5 Å². The molecule has 0 saturated heterocycles. The lowest BCUT2D eigenvalue weighted by molar-refractivity contribution is -0.238. The second kappa shape index (κ2) is 5.20. The van der Waals surface area contributed by atoms with Crippen LogP contribution in [0.5, 0.6) is 0 Å². The van der Waals surface area contributed by atoms with Crippen LogP contribution in [0.15, 0.2) is 11.6 Å². The number of rotatable bonds is 4. The summed E-state index contributed by atoms with van der Waals surface area (Å²) in [5, 5.41) is 31.2. The molecule has 6 heteroatoms. The monoisotopic (exact) mass is 271 g/mol. The second-order valence-electron chi connectivity index (χ2n) is 6.09. The minimum absolute atomic E-state index is 0.0298. The third-order valence-electron chi connectivity index (χ3n) is 3.46. The van der Waals surface area contributed by atoms with Crippen molar-refractivity contribution in [3.05, 3.63) is 11.6 Å². The van der Waals surface area contributed by atoms with Gasteiger partial charge in [-0.15, -0.1) is 10.3 Å². The maximum absolute atomic E-state index is 12.3. The van der Waals surface area contributed by atoms with E-state index < -0.39 is 23.8 Å². The van der Waals surface area contributed by atoms with Gasteiger partial charge in [0.25, 0.3) is 5.91 Å². The van der Waals surface area contributed by atoms with E-state index in [2.05, 4.69) is 0 Å². The number of carbonyl (C=O) groups is 1. The number of likely N-dealkylation sites (N-methyl/N-ethyl adjacent to an activating group) is 1. The van der Waals surface area contributed by atoms with E-state index in [0.717, 1.165) is 5.06 Å². The summed E-state index contributed by atoms with van der Waals surface area (Å²) in [5.74, 6) is -0.302. The lowest BCUT2D eigenvalue weighted by atomic mass is 9.95. The average Bonchev–Trinajstić information content (AvgIpc) is 2.48. The Morgan fingerprint density at radius 2 is 1.95 bits per heavy atom. The SMILES string of the molecule is CN(CC(O)CO)C(=O)C1=CC(C)(C)N([O])C1(C)C. The number of hydroxylamine groups is 2. The van der Waals surface area contributed by atoms with Crippen LogP contribution in [-0.2, 0) is 10.0 Å². The fourth-order valence-electron chi connectivity index (χ4n) is 2.40. The van der Waals surface area contributed by atoms with Crippen molar-refractivity contribution in [2.45, 2.75) is 44.9 Å². The molecule has 1 amide bonds. The van der Waals surface area contributed by atoms with Crippen molar-refractivity contribution < 1.29 is 20.2 Å². The van der Waals surface area contributed by atoms with E-state index in [9.17, 15) is 15.1 Å². The lowest BCUT2D eigenvalue weighted by Crippen LogP contribution is -2.49. The molecule has 0 bridgehead atoms. The van der Waals surface area contributed by atoms with Crippen molar-refractivity contribution >= 4 is 5.91 Å². The van der Waals surface area contributed by atoms with Gasteiger partial charge in [-0.3, -0.25) is 4.79 Å². The van der Waals surface area contributed by atoms with Gasteiger partial charge in [0.1, 0.15) is 0 Å². The zero-order chi connectivity index (χ0) is 15.0. The zero-order valence-corrected chi connectivity index (χ0v) is 12.2. The van der Waals surface area contributed by atoms with Gasteiger partial charge >= 0.3 is 0 Å². The fourth-order valence-corrected chi connectivity index (χ4v) is 2.40. The number of hydrogen-bond acceptors (Lipinski definition) is 4. The van der Waals surface area contributed by atoms with Crippen molar-refractivity contribution in [3.63, 3.8) is 0 Å². The Morgan fingerprint density at radius 1 is 1.42 bits per heavy atom. The summed E-state index contributed by atoms with van der Waals surface area (Å²) in [4.78, 5) is 13.7. The van der Waals surface area contributed by atoms with E-state index in [1.165, 1.54) is 4.90 Å². The Bertz CT molecular complexity index is 390. The zero-order valence-electron chi connectivity index (χ0n) is 12.2. The smallest absolute Gasteiger partial charge is 0.251 e. The molecular weight excluding hydrogens is 248 g/mol. The van der Waals surface area contributed by atoms with Crippen LogP contribution in [0.4, 0.5) is 0 Å². The Hall–Kier alpha value is -0.950. The van der Waals surface area contributed by atoms with Crippen molar-refractivity contribution in [1.29, 1.82) is 0 Å². The molecule has 0 saturated carbocycles. The lowest BCUT2D eigenvalue weighted by Gasteiger charge is -2.34. The Balaban J connectivity index is 2.94. The molecule has 0 spiro atoms. The first-order valence-electron chi connectivity index (χ1n) is 6.29. The van der Waals surface area contributed by atoms with Crippen LogP contribution in [0, 0.1) is 0 Å². The molecule has 1 unspecified atom stereocenters. The molecule has 1 heterocycles. The molecule has 2 N–H and O–H groups in total. The molecule has 1 atom stereocenters. The van der Waals surface area contributed by atoms with Crippen LogP contribution in [0.3, 0.4) is 0 Å². The molecule has 0 aliphatic carbocycles. The topological polar surface area (TPSA) is 83.9 Å². The minimum atomic E-state index is -0.976. The van der Waals surface area contributed by atoms with Gasteiger partial charge in [-0.1, -0.05) is 6.08 Å². The fraction of sp³-hybridized carbons (Fsp3) is 0.769. The van der Waals surface area contributed by atoms with Crippen LogP contribution < -0.4 is 0 Å². The van der Waals surface area contributed by atoms with Crippen LogP contribution >= 0.6 is 0 Å². The van der Waals surface area contributed by atoms with Crippen LogP contribution in [0.1, 0.15) is 27.7 Å². The third kappa shape index (κ3) is 2.97. The molecule has 1 radical (unpaired) electrons. The van der Waals surface area contributed by atoms with E-state index in [-0.39, 0.29) is 12.5 Å². The quantitative estimate of drug-likeness (QED) is 0.750. The van der Waals surface area contributed by atoms with Gasteiger partial charge < -0.3 is 15.1 Å². The third-order valence-corrected chi connectivity index (χ3v) is 3.46. The standard InChI is InChI=1S/C13H23N2O4/c1-12(2)6-10(13(3,4)15(12)19)11(18)14(5)7-9(17)8-16/h6,9,16-17H,7-8H2,1-5H3. The summed E-state index contributed by atoms with van der Waals surface area (Å²) < 4.78 is 0. The number of amides is 1. The van der Waals surface area contributed by atoms with E-state index in [1.807, 2.05) is 0 Å². The molecule has 1 rings (SSSR count). The molecule has 1 aliphatic rings. The summed E-state index contributed by atoms with van der Waals surface area (Å²) in [6, 6.07) is 0. The molecule has 0 aromatic heterocycles. The maximum atomic E-state index is 12.3. The van der Waals surface area contributed by atoms with Crippen LogP contribution in [0.2, 0.25) is 0 Å². The van der Waals surface area contributed by atoms with Crippen molar-refractivity contribution in [1.82, 2.24) is 9.96 Å². The largest absolute Gasteiger partial charge is 0.394 e. The van der Waals surface area contributed by atoms with Gasteiger partial charge in [-0.05, 0) is 27.7 Å². The van der Waals surface area contributed by atoms with E-state index in [0.29, 0.717) is 5.57 Å². The number of nitrogens with zero attached hydrogens (tertiary/aromatic N) is 2. The van der Waals surface area contributed by atoms with Crippen molar-refractivity contribution in [2.75, 3.05) is 20.2 Å². The average molecular weight is 271 g/mol. The highest BCUT2D eigenvalue weighted by Crippen LogP contribution is 2.39. The normalized spacial score (nSPS) is 23.1. The maximum Gasteiger partial charge on any atom is 0.251 e. The van der Waals surface area contributed by atoms with Crippen molar-refractivity contribution in [2.24, 2.45) is 0 Å². The summed E-state index contributed by atoms with van der Waals surface area (Å²) in [7, 11) is 1.54. The number of carbonyl (C=O) groups excluding carboxylic acids is 1. The second-order valence-corrected chi connectivity index (χ2v) is 6.09. The molecule has 19 heavy (non-hydrogen) atoms. The van der Waals surface area contributed by atoms with Crippen molar-refractivity contribution in [3.8, 4) is 0 Å². The van der Waals surface area contributed by atoms with Gasteiger partial charge in [0.2, 0.25) is 0 Å². The summed E-state index contributed by atoms with van der Waals surface area (Å²) in [6.07, 6.45) is 0.694. The molecule has 0 aromatic rings. The first-order valence-corrected chi connectivity index (χ1v) is 6.29. The summed E-state index contributed by atoms with van der Waals surface area (Å²) in [5.41, 5.74) is -1.22. The molecule has 6 nitrogen and oxygen atoms in total. The number of aliphatic hydroxyl groups is 2. The van der Waals surface area contributed by atoms with Crippen LogP contribution in [0.25, 0.3) is 0 Å². The van der Waals surface area contributed by atoms with Gasteiger partial charge in [0.15, 0.2) is 0 Å². The Kier molecular flexibility index (Phi) is 4.41. The number of aliphatic hydroxyl groups excluding tert-OH is 2. The highest BCUT2D eigenvalue weighted by atomic mass is 16.5. The van der Waals surface area contributed by atoms with E-state index in [4.69, 9.17) is 5.11 Å². The number of hydrogen-bond donors (Lipinski definition) is 2. The van der Waals surface area contributed by atoms with Gasteiger partial charge in [-0.25, -0.2) is 0 Å². The highest BCUT2D eigenvalue weighted by Gasteiger charge is 2.49. The van der Waals surface area contributed by atoms with Gasteiger partial charge in [0.05, 0.1) is 23.8 Å². The summed E-state index contributed by atoms with van der Waals surface area (Å²) in [6.45, 7) is 6.54. The highest BCUT2D eigenvalue weighted by molar-refractivity contribution is 5.96. The van der Waals surface area contributed by atoms with E-state index in [1.54, 1.807) is 40.8 Å². The molecule has 0 aromatic carbocycles. The van der Waals surface area contributed by atoms with E-state index >= 15 is 0 Å². The molecule has 1 aliphatic heterocycles. The molecule has 109 valence electrons. The Labute approximate surface area is 113 Å². The summed E-state index contributed by atoms with van der Waals surface area (Å²) >= 11 is 0.